The first kappa shape index (κ1) is 24.0. The van der Waals surface area contributed by atoms with Crippen molar-refractivity contribution >= 4 is 35.8 Å². The fraction of sp³-hybridized carbons (Fsp3) is 0.368. The highest BCUT2D eigenvalue weighted by atomic mass is 127. The van der Waals surface area contributed by atoms with Crippen molar-refractivity contribution in [3.8, 4) is 0 Å². The number of hydrogen-bond donors (Lipinski definition) is 2. The van der Waals surface area contributed by atoms with Gasteiger partial charge in [0.05, 0.1) is 5.56 Å². The van der Waals surface area contributed by atoms with E-state index in [-0.39, 0.29) is 24.0 Å². The maximum Gasteiger partial charge on any atom is 0.416 e. The molecule has 0 amide bonds. The molecule has 28 heavy (non-hydrogen) atoms. The van der Waals surface area contributed by atoms with Gasteiger partial charge < -0.3 is 15.5 Å². The van der Waals surface area contributed by atoms with Gasteiger partial charge in [0.2, 0.25) is 0 Å². The molecule has 0 saturated carbocycles. The first-order valence-corrected chi connectivity index (χ1v) is 8.53. The highest BCUT2D eigenvalue weighted by Crippen LogP contribution is 2.29. The van der Waals surface area contributed by atoms with Crippen LogP contribution in [0.2, 0.25) is 0 Å². The number of nitrogens with one attached hydrogen (secondary N) is 2. The summed E-state index contributed by atoms with van der Waals surface area (Å²) >= 11 is 0. The number of halogens is 4. The zero-order valence-corrected chi connectivity index (χ0v) is 18.4. The minimum atomic E-state index is -4.31. The van der Waals surface area contributed by atoms with Crippen LogP contribution < -0.4 is 15.5 Å². The van der Waals surface area contributed by atoms with Crippen LogP contribution in [0.15, 0.2) is 47.6 Å². The highest BCUT2D eigenvalue weighted by Gasteiger charge is 2.29. The fourth-order valence-electron chi connectivity index (χ4n) is 2.56. The predicted molar refractivity (Wildman–Crippen MR) is 117 cm³/mol. The van der Waals surface area contributed by atoms with E-state index in [1.165, 1.54) is 12.1 Å². The third-order valence-electron chi connectivity index (χ3n) is 3.95. The van der Waals surface area contributed by atoms with Gasteiger partial charge in [0, 0.05) is 46.0 Å². The lowest BCUT2D eigenvalue weighted by Crippen LogP contribution is -2.38. The van der Waals surface area contributed by atoms with E-state index in [0.717, 1.165) is 29.1 Å². The lowest BCUT2D eigenvalue weighted by molar-refractivity contribution is -0.137. The van der Waals surface area contributed by atoms with Crippen LogP contribution in [0.4, 0.5) is 19.0 Å². The minimum absolute atomic E-state index is 0. The quantitative estimate of drug-likeness (QED) is 0.356. The molecule has 0 bridgehead atoms. The molecule has 0 spiro atoms. The van der Waals surface area contributed by atoms with Crippen LogP contribution in [0.5, 0.6) is 0 Å². The maximum absolute atomic E-state index is 12.6. The van der Waals surface area contributed by atoms with Gasteiger partial charge in [0.1, 0.15) is 5.82 Å². The van der Waals surface area contributed by atoms with Gasteiger partial charge in [-0.2, -0.15) is 13.2 Å². The van der Waals surface area contributed by atoms with E-state index in [9.17, 15) is 13.2 Å². The number of pyridine rings is 1. The molecule has 0 radical (unpaired) electrons. The van der Waals surface area contributed by atoms with E-state index in [1.807, 2.05) is 31.1 Å². The summed E-state index contributed by atoms with van der Waals surface area (Å²) in [4.78, 5) is 10.5. The molecule has 0 atom stereocenters. The lowest BCUT2D eigenvalue weighted by Gasteiger charge is -2.17. The number of rotatable bonds is 6. The van der Waals surface area contributed by atoms with Gasteiger partial charge >= 0.3 is 6.18 Å². The Hall–Kier alpha value is -2.04. The minimum Gasteiger partial charge on any atom is -0.362 e. The summed E-state index contributed by atoms with van der Waals surface area (Å²) < 4.78 is 37.7. The second-order valence-corrected chi connectivity index (χ2v) is 6.18. The first-order chi connectivity index (χ1) is 12.8. The number of anilines is 1. The smallest absolute Gasteiger partial charge is 0.362 e. The molecule has 1 heterocycles. The number of benzene rings is 1. The summed E-state index contributed by atoms with van der Waals surface area (Å²) in [5.74, 6) is 1.50. The van der Waals surface area contributed by atoms with Crippen LogP contribution >= 0.6 is 24.0 Å². The largest absolute Gasteiger partial charge is 0.416 e. The van der Waals surface area contributed by atoms with Crippen LogP contribution in [0.1, 0.15) is 16.7 Å². The summed E-state index contributed by atoms with van der Waals surface area (Å²) in [5.41, 5.74) is 1.23. The molecule has 0 aliphatic carbocycles. The van der Waals surface area contributed by atoms with Crippen LogP contribution in [0, 0.1) is 0 Å². The standard InChI is InChI=1S/C19H24F3N5.HI/c1-23-18(26-13-15-5-4-11-24-17(15)27(2)3)25-12-10-14-6-8-16(9-7-14)19(20,21)22;/h4-9,11H,10,12-13H2,1-3H3,(H2,23,25,26);1H. The molecule has 1 aromatic heterocycles. The van der Waals surface area contributed by atoms with Crippen molar-refractivity contribution in [1.29, 1.82) is 0 Å². The molecule has 0 aliphatic rings. The van der Waals surface area contributed by atoms with Crippen molar-refractivity contribution in [2.24, 2.45) is 4.99 Å². The summed E-state index contributed by atoms with van der Waals surface area (Å²) in [6.45, 7) is 1.11. The topological polar surface area (TPSA) is 52.6 Å². The number of aromatic nitrogens is 1. The summed E-state index contributed by atoms with van der Waals surface area (Å²) in [7, 11) is 5.54. The Morgan fingerprint density at radius 3 is 2.36 bits per heavy atom. The van der Waals surface area contributed by atoms with Crippen molar-refractivity contribution in [1.82, 2.24) is 15.6 Å². The monoisotopic (exact) mass is 507 g/mol. The molecule has 154 valence electrons. The molecule has 9 heteroatoms. The van der Waals surface area contributed by atoms with Gasteiger partial charge in [0.15, 0.2) is 5.96 Å². The van der Waals surface area contributed by atoms with Crippen LogP contribution in [0.25, 0.3) is 0 Å². The third-order valence-corrected chi connectivity index (χ3v) is 3.95. The van der Waals surface area contributed by atoms with E-state index in [2.05, 4.69) is 20.6 Å². The van der Waals surface area contributed by atoms with E-state index >= 15 is 0 Å². The molecule has 2 aromatic rings. The van der Waals surface area contributed by atoms with Crippen LogP contribution in [-0.4, -0.2) is 38.6 Å². The van der Waals surface area contributed by atoms with E-state index in [4.69, 9.17) is 0 Å². The Bertz CT molecular complexity index is 761. The van der Waals surface area contributed by atoms with E-state index in [1.54, 1.807) is 13.2 Å². The molecule has 0 fully saturated rings. The molecule has 2 rings (SSSR count). The maximum atomic E-state index is 12.6. The zero-order chi connectivity index (χ0) is 19.9. The third kappa shape index (κ3) is 7.17. The average molecular weight is 507 g/mol. The number of nitrogens with zero attached hydrogens (tertiary/aromatic N) is 3. The summed E-state index contributed by atoms with van der Waals surface area (Å²) in [5, 5.41) is 6.38. The van der Waals surface area contributed by atoms with Crippen LogP contribution in [-0.2, 0) is 19.1 Å². The van der Waals surface area contributed by atoms with Crippen LogP contribution in [0.3, 0.4) is 0 Å². The SMILES string of the molecule is CN=C(NCCc1ccc(C(F)(F)F)cc1)NCc1cccnc1N(C)C.I. The number of alkyl halides is 3. The summed E-state index contributed by atoms with van der Waals surface area (Å²) in [6.07, 6.45) is -1.97. The van der Waals surface area contributed by atoms with Gasteiger partial charge in [0.25, 0.3) is 0 Å². The highest BCUT2D eigenvalue weighted by molar-refractivity contribution is 14.0. The summed E-state index contributed by atoms with van der Waals surface area (Å²) in [6, 6.07) is 9.08. The molecule has 1 aromatic carbocycles. The Morgan fingerprint density at radius 1 is 1.11 bits per heavy atom. The van der Waals surface area contributed by atoms with Crippen molar-refractivity contribution in [3.63, 3.8) is 0 Å². The molecule has 5 nitrogen and oxygen atoms in total. The molecule has 0 saturated heterocycles. The molecule has 0 unspecified atom stereocenters. The number of hydrogen-bond acceptors (Lipinski definition) is 3. The van der Waals surface area contributed by atoms with Crippen molar-refractivity contribution in [3.05, 3.63) is 59.3 Å². The second-order valence-electron chi connectivity index (χ2n) is 6.18. The first-order valence-electron chi connectivity index (χ1n) is 8.53. The van der Waals surface area contributed by atoms with Crippen molar-refractivity contribution < 1.29 is 13.2 Å². The molecular formula is C19H25F3IN5. The van der Waals surface area contributed by atoms with Gasteiger partial charge in [-0.25, -0.2) is 4.98 Å². The number of guanidine groups is 1. The van der Waals surface area contributed by atoms with Crippen molar-refractivity contribution in [2.45, 2.75) is 19.1 Å². The lowest BCUT2D eigenvalue weighted by atomic mass is 10.1. The van der Waals surface area contributed by atoms with Gasteiger partial charge in [-0.05, 0) is 30.2 Å². The molecular weight excluding hydrogens is 482 g/mol. The predicted octanol–water partition coefficient (Wildman–Crippen LogP) is 3.69. The molecule has 2 N–H and O–H groups in total. The normalized spacial score (nSPS) is 11.6. The van der Waals surface area contributed by atoms with Gasteiger partial charge in [-0.3, -0.25) is 4.99 Å². The van der Waals surface area contributed by atoms with Crippen molar-refractivity contribution in [2.75, 3.05) is 32.6 Å². The zero-order valence-electron chi connectivity index (χ0n) is 16.0. The Balaban J connectivity index is 0.00000392. The Kier molecular flexibility index (Phi) is 9.50. The van der Waals surface area contributed by atoms with Gasteiger partial charge in [-0.1, -0.05) is 18.2 Å². The second kappa shape index (κ2) is 11.1. The van der Waals surface area contributed by atoms with E-state index in [0.29, 0.717) is 25.5 Å². The fourth-order valence-corrected chi connectivity index (χ4v) is 2.56. The van der Waals surface area contributed by atoms with Gasteiger partial charge in [-0.15, -0.1) is 24.0 Å². The number of aliphatic imine (C=N–C) groups is 1. The Morgan fingerprint density at radius 2 is 1.79 bits per heavy atom. The Labute approximate surface area is 180 Å². The van der Waals surface area contributed by atoms with E-state index < -0.39 is 11.7 Å². The molecule has 0 aliphatic heterocycles. The average Bonchev–Trinajstić information content (AvgIpc) is 2.64.